The Hall–Kier alpha value is -3.23. The van der Waals surface area contributed by atoms with Crippen LogP contribution >= 0.6 is 11.6 Å². The predicted molar refractivity (Wildman–Crippen MR) is 128 cm³/mol. The zero-order valence-electron chi connectivity index (χ0n) is 18.4. The third-order valence-corrected chi connectivity index (χ3v) is 6.28. The number of halogens is 3. The second kappa shape index (κ2) is 10.4. The molecule has 0 saturated carbocycles. The highest BCUT2D eigenvalue weighted by Gasteiger charge is 2.40. The normalized spacial score (nSPS) is 15.5. The summed E-state index contributed by atoms with van der Waals surface area (Å²) < 4.78 is 27.6. The third-order valence-electron chi connectivity index (χ3n) is 6.04. The number of hydrogen-bond acceptors (Lipinski definition) is 3. The fourth-order valence-electron chi connectivity index (χ4n) is 4.18. The topological polar surface area (TPSA) is 86.0 Å². The Morgan fingerprint density at radius 3 is 2.68 bits per heavy atom. The quantitative estimate of drug-likeness (QED) is 0.384. The number of nitrogens with one attached hydrogen (secondary N) is 4. The number of aromatic amines is 1. The maximum atomic E-state index is 14.0. The van der Waals surface area contributed by atoms with Crippen LogP contribution in [-0.2, 0) is 16.0 Å². The molecule has 1 saturated heterocycles. The first-order valence-corrected chi connectivity index (χ1v) is 11.4. The van der Waals surface area contributed by atoms with Crippen LogP contribution in [0.4, 0.5) is 8.78 Å². The summed E-state index contributed by atoms with van der Waals surface area (Å²) >= 11 is 5.76. The van der Waals surface area contributed by atoms with Crippen LogP contribution in [0.15, 0.2) is 48.7 Å². The van der Waals surface area contributed by atoms with E-state index in [0.717, 1.165) is 16.5 Å². The van der Waals surface area contributed by atoms with Crippen LogP contribution in [0.2, 0.25) is 5.02 Å². The van der Waals surface area contributed by atoms with Crippen molar-refractivity contribution in [3.8, 4) is 0 Å². The van der Waals surface area contributed by atoms with Crippen LogP contribution in [0.5, 0.6) is 0 Å². The fraction of sp³-hybridized carbons (Fsp3) is 0.280. The average Bonchev–Trinajstić information content (AvgIpc) is 3.21. The standard InChI is InChI=1S/C25H25ClF2N4O2/c26-18-3-1-16(21(28)13-18)2-6-23(33)32-25(8-11-29-12-9-25)24(34)30-10-7-17-15-31-22-5-4-19(27)14-20(17)22/h1-6,13-15,29,31H,7-12H2,(H,30,34)(H,32,33). The molecule has 2 aromatic carbocycles. The highest BCUT2D eigenvalue weighted by atomic mass is 35.5. The summed E-state index contributed by atoms with van der Waals surface area (Å²) in [6.45, 7) is 1.48. The molecule has 6 nitrogen and oxygen atoms in total. The van der Waals surface area contributed by atoms with E-state index in [1.54, 1.807) is 12.3 Å². The first-order chi connectivity index (χ1) is 16.4. The lowest BCUT2D eigenvalue weighted by Gasteiger charge is -2.36. The number of piperidine rings is 1. The number of H-pyrrole nitrogens is 1. The van der Waals surface area contributed by atoms with E-state index in [4.69, 9.17) is 11.6 Å². The molecule has 4 rings (SSSR count). The zero-order valence-corrected chi connectivity index (χ0v) is 19.1. The number of hydrogen-bond donors (Lipinski definition) is 4. The Bertz CT molecular complexity index is 1230. The summed E-state index contributed by atoms with van der Waals surface area (Å²) in [7, 11) is 0. The molecular formula is C25H25ClF2N4O2. The molecule has 178 valence electrons. The number of amides is 2. The van der Waals surface area contributed by atoms with Crippen molar-refractivity contribution < 1.29 is 18.4 Å². The molecule has 0 unspecified atom stereocenters. The van der Waals surface area contributed by atoms with E-state index in [-0.39, 0.29) is 22.3 Å². The molecule has 1 aromatic heterocycles. The van der Waals surface area contributed by atoms with Gasteiger partial charge in [0.25, 0.3) is 0 Å². The molecule has 34 heavy (non-hydrogen) atoms. The highest BCUT2D eigenvalue weighted by Crippen LogP contribution is 2.22. The van der Waals surface area contributed by atoms with Gasteiger partial charge in [0.1, 0.15) is 17.2 Å². The summed E-state index contributed by atoms with van der Waals surface area (Å²) in [6.07, 6.45) is 5.72. The average molecular weight is 487 g/mol. The number of fused-ring (bicyclic) bond motifs is 1. The van der Waals surface area contributed by atoms with Crippen molar-refractivity contribution in [2.24, 2.45) is 0 Å². The van der Waals surface area contributed by atoms with E-state index in [1.807, 2.05) is 0 Å². The molecule has 2 heterocycles. The first-order valence-electron chi connectivity index (χ1n) is 11.1. The Morgan fingerprint density at radius 1 is 1.12 bits per heavy atom. The van der Waals surface area contributed by atoms with E-state index in [9.17, 15) is 18.4 Å². The molecular weight excluding hydrogens is 462 g/mol. The highest BCUT2D eigenvalue weighted by molar-refractivity contribution is 6.30. The van der Waals surface area contributed by atoms with Crippen molar-refractivity contribution in [3.05, 3.63) is 76.5 Å². The molecule has 1 aliphatic rings. The molecule has 0 bridgehead atoms. The minimum absolute atomic E-state index is 0.221. The lowest BCUT2D eigenvalue weighted by molar-refractivity contribution is -0.133. The van der Waals surface area contributed by atoms with Gasteiger partial charge in [-0.25, -0.2) is 8.78 Å². The number of rotatable bonds is 7. The lowest BCUT2D eigenvalue weighted by atomic mass is 9.87. The van der Waals surface area contributed by atoms with Gasteiger partial charge in [-0.3, -0.25) is 9.59 Å². The maximum absolute atomic E-state index is 14.0. The van der Waals surface area contributed by atoms with E-state index in [1.165, 1.54) is 42.5 Å². The van der Waals surface area contributed by atoms with Crippen LogP contribution in [0.25, 0.3) is 17.0 Å². The van der Waals surface area contributed by atoms with Crippen LogP contribution in [-0.4, -0.2) is 42.0 Å². The summed E-state index contributed by atoms with van der Waals surface area (Å²) in [4.78, 5) is 28.9. The maximum Gasteiger partial charge on any atom is 0.245 e. The van der Waals surface area contributed by atoms with Crippen molar-refractivity contribution in [1.29, 1.82) is 0 Å². The first kappa shape index (κ1) is 23.9. The summed E-state index contributed by atoms with van der Waals surface area (Å²) in [5.41, 5.74) is 0.871. The van der Waals surface area contributed by atoms with Gasteiger partial charge in [-0.2, -0.15) is 0 Å². The molecule has 1 fully saturated rings. The molecule has 0 aliphatic carbocycles. The second-order valence-electron chi connectivity index (χ2n) is 8.33. The Labute approximate surface area is 200 Å². The van der Waals surface area contributed by atoms with Crippen LogP contribution in [0.1, 0.15) is 24.0 Å². The minimum atomic E-state index is -1.07. The number of benzene rings is 2. The van der Waals surface area contributed by atoms with E-state index in [2.05, 4.69) is 20.9 Å². The monoisotopic (exact) mass is 486 g/mol. The molecule has 3 aromatic rings. The molecule has 0 radical (unpaired) electrons. The largest absolute Gasteiger partial charge is 0.361 e. The van der Waals surface area contributed by atoms with Crippen molar-refractivity contribution >= 4 is 40.4 Å². The Balaban J connectivity index is 1.40. The number of carbonyl (C=O) groups excluding carboxylic acids is 2. The minimum Gasteiger partial charge on any atom is -0.361 e. The third kappa shape index (κ3) is 5.46. The van der Waals surface area contributed by atoms with Crippen LogP contribution in [0.3, 0.4) is 0 Å². The Morgan fingerprint density at radius 2 is 1.91 bits per heavy atom. The van der Waals surface area contributed by atoms with Gasteiger partial charge in [0, 0.05) is 40.3 Å². The summed E-state index contributed by atoms with van der Waals surface area (Å²) in [6, 6.07) is 8.72. The van der Waals surface area contributed by atoms with Gasteiger partial charge >= 0.3 is 0 Å². The molecule has 0 spiro atoms. The second-order valence-corrected chi connectivity index (χ2v) is 8.77. The van der Waals surface area contributed by atoms with Gasteiger partial charge in [-0.05, 0) is 74.3 Å². The van der Waals surface area contributed by atoms with Gasteiger partial charge in [0.05, 0.1) is 0 Å². The van der Waals surface area contributed by atoms with Crippen molar-refractivity contribution in [3.63, 3.8) is 0 Å². The molecule has 2 amide bonds. The Kier molecular flexibility index (Phi) is 7.29. The fourth-order valence-corrected chi connectivity index (χ4v) is 4.34. The smallest absolute Gasteiger partial charge is 0.245 e. The molecule has 9 heteroatoms. The molecule has 1 aliphatic heterocycles. The van der Waals surface area contributed by atoms with Crippen LogP contribution < -0.4 is 16.0 Å². The molecule has 0 atom stereocenters. The van der Waals surface area contributed by atoms with Gasteiger partial charge < -0.3 is 20.9 Å². The van der Waals surface area contributed by atoms with Gasteiger partial charge in [-0.15, -0.1) is 0 Å². The summed E-state index contributed by atoms with van der Waals surface area (Å²) in [5.74, 6) is -1.62. The SMILES string of the molecule is O=C(C=Cc1ccc(Cl)cc1F)NC1(C(=O)NCCc2c[nH]c3ccc(F)cc23)CCNCC1. The number of carbonyl (C=O) groups is 2. The molecule has 4 N–H and O–H groups in total. The van der Waals surface area contributed by atoms with Crippen molar-refractivity contribution in [2.75, 3.05) is 19.6 Å². The van der Waals surface area contributed by atoms with Crippen molar-refractivity contribution in [2.45, 2.75) is 24.8 Å². The predicted octanol–water partition coefficient (Wildman–Crippen LogP) is 3.71. The van der Waals surface area contributed by atoms with E-state index < -0.39 is 17.3 Å². The van der Waals surface area contributed by atoms with Crippen LogP contribution in [0, 0.1) is 11.6 Å². The zero-order chi connectivity index (χ0) is 24.1. The van der Waals surface area contributed by atoms with Gasteiger partial charge in [0.2, 0.25) is 11.8 Å². The lowest BCUT2D eigenvalue weighted by Crippen LogP contribution is -2.62. The van der Waals surface area contributed by atoms with Crippen molar-refractivity contribution in [1.82, 2.24) is 20.9 Å². The van der Waals surface area contributed by atoms with Gasteiger partial charge in [-0.1, -0.05) is 17.7 Å². The van der Waals surface area contributed by atoms with Gasteiger partial charge in [0.15, 0.2) is 0 Å². The summed E-state index contributed by atoms with van der Waals surface area (Å²) in [5, 5.41) is 9.98. The van der Waals surface area contributed by atoms with E-state index >= 15 is 0 Å². The van der Waals surface area contributed by atoms with E-state index in [0.29, 0.717) is 38.9 Å². The number of aromatic nitrogens is 1.